The molecule has 0 unspecified atom stereocenters. The summed E-state index contributed by atoms with van der Waals surface area (Å²) in [7, 11) is 0. The maximum absolute atomic E-state index is 3.31. The van der Waals surface area contributed by atoms with Crippen LogP contribution >= 0.6 is 0 Å². The Hall–Kier alpha value is -13.5. The summed E-state index contributed by atoms with van der Waals surface area (Å²) < 4.78 is 0. The molecule has 0 nitrogen and oxygen atoms in total. The number of hydrogen-bond acceptors (Lipinski definition) is 0. The first-order chi connectivity index (χ1) is 30.9. The minimum absolute atomic E-state index is 2.37. The van der Waals surface area contributed by atoms with Crippen molar-refractivity contribution in [2.45, 2.75) is 0 Å². The third kappa shape index (κ3) is 46.5. The van der Waals surface area contributed by atoms with Crippen LogP contribution in [0.1, 0.15) is 0 Å². The van der Waals surface area contributed by atoms with Gasteiger partial charge in [0.15, 0.2) is 0 Å². The predicted octanol–water partition coefficient (Wildman–Crippen LogP) is 10.1. The van der Waals surface area contributed by atoms with Gasteiger partial charge >= 0.3 is 0 Å². The van der Waals surface area contributed by atoms with Gasteiger partial charge in [-0.15, -0.1) is 0 Å². The van der Waals surface area contributed by atoms with Gasteiger partial charge in [0.25, 0.3) is 0 Å². The van der Waals surface area contributed by atoms with E-state index < -0.39 is 0 Å². The zero-order chi connectivity index (χ0) is 44.4. The van der Waals surface area contributed by atoms with Crippen molar-refractivity contribution < 1.29 is 0 Å². The fourth-order valence-corrected chi connectivity index (χ4v) is 1.84. The molecule has 0 aliphatic carbocycles. The minimum Gasteiger partial charge on any atom is -0.0687 e. The molecule has 0 bridgehead atoms. The van der Waals surface area contributed by atoms with Crippen molar-refractivity contribution in [2.75, 3.05) is 0 Å². The highest BCUT2D eigenvalue weighted by Gasteiger charge is 1.47. The fourth-order valence-electron chi connectivity index (χ4n) is 1.84. The predicted molar refractivity (Wildman–Crippen MR) is 222 cm³/mol. The van der Waals surface area contributed by atoms with E-state index in [1.165, 1.54) is 0 Å². The van der Waals surface area contributed by atoms with E-state index in [2.05, 4.69) is 357 Å². The summed E-state index contributed by atoms with van der Waals surface area (Å²) in [5.41, 5.74) is 149. The smallest absolute Gasteiger partial charge is 0 e. The van der Waals surface area contributed by atoms with Gasteiger partial charge in [-0.3, -0.25) is 0 Å². The summed E-state index contributed by atoms with van der Waals surface area (Å²) in [5.74, 6) is 0. The van der Waals surface area contributed by atoms with Gasteiger partial charge in [0, 0.05) is 241 Å². The first-order valence-corrected chi connectivity index (χ1v) is 15.5. The number of hydrogen-bond donors (Lipinski definition) is 0. The van der Waals surface area contributed by atoms with Gasteiger partial charge in [0.05, 0.1) is 0 Å². The zero-order valence-electron chi connectivity index (χ0n) is 31.4. The van der Waals surface area contributed by atoms with Crippen molar-refractivity contribution >= 4 is 0 Å². The van der Waals surface area contributed by atoms with E-state index in [-0.39, 0.29) is 0 Å². The Bertz CT molecular complexity index is 4180. The normalized spacial score (nSPS) is 3.94. The second-order valence-electron chi connectivity index (χ2n) is 7.60. The zero-order valence-corrected chi connectivity index (χ0v) is 31.4. The molecule has 0 amide bonds. The van der Waals surface area contributed by atoms with Crippen molar-refractivity contribution in [3.63, 3.8) is 0 Å². The lowest BCUT2D eigenvalue weighted by atomic mass is 10.6. The lowest BCUT2D eigenvalue weighted by molar-refractivity contribution is 2.10. The molecule has 62 heavy (non-hydrogen) atoms. The van der Waals surface area contributed by atoms with E-state index in [1.54, 1.807) is 0 Å². The average molecular weight is 749 g/mol. The molecule has 0 atom stereocenters. The van der Waals surface area contributed by atoms with Gasteiger partial charge < -0.3 is 0 Å². The van der Waals surface area contributed by atoms with E-state index in [4.69, 9.17) is 0 Å². The second-order valence-corrected chi connectivity index (χ2v) is 7.60. The van der Waals surface area contributed by atoms with Crippen LogP contribution in [0.25, 0.3) is 0 Å². The lowest BCUT2D eigenvalue weighted by Gasteiger charge is -1.41. The summed E-state index contributed by atoms with van der Waals surface area (Å²) in [6, 6.07) is 0. The molecule has 0 radical (unpaired) electrons. The van der Waals surface area contributed by atoms with Crippen LogP contribution in [-0.4, -0.2) is 0 Å². The summed E-state index contributed by atoms with van der Waals surface area (Å²) >= 11 is 0. The SMILES string of the molecule is C=C=C=C=C=C=C=C=C=C=C=C=C=C=C=C=C=C=C=C=C=C=C=C=C=C=C=C=C=C=C=C=C=C=C=C=C=C=C=C=C=C=C=C=C=C=C=C=C=C=C=C=C=C=C=C=C=C=C=C=C=C. The van der Waals surface area contributed by atoms with E-state index in [0.717, 1.165) is 0 Å². The Balaban J connectivity index is 6.12. The molecule has 0 aliphatic heterocycles. The molecule has 0 saturated carbocycles. The van der Waals surface area contributed by atoms with E-state index in [1.807, 2.05) is 0 Å². The molecule has 0 rings (SSSR count). The highest BCUT2D eigenvalue weighted by molar-refractivity contribution is 4.98. The van der Waals surface area contributed by atoms with Crippen molar-refractivity contribution in [1.29, 1.82) is 0 Å². The molecule has 0 heterocycles. The quantitative estimate of drug-likeness (QED) is 0.217. The average Bonchev–Trinajstić information content (AvgIpc) is 3.28. The van der Waals surface area contributed by atoms with Crippen LogP contribution in [0.4, 0.5) is 0 Å². The Morgan fingerprint density at radius 2 is 0.129 bits per heavy atom. The molecule has 0 spiro atoms. The van der Waals surface area contributed by atoms with Gasteiger partial charge in [0.2, 0.25) is 0 Å². The second kappa shape index (κ2) is 47.5. The van der Waals surface area contributed by atoms with Crippen molar-refractivity contribution in [3.05, 3.63) is 357 Å². The molecule has 0 saturated heterocycles. The molecular weight excluding hydrogens is 745 g/mol. The van der Waals surface area contributed by atoms with Crippen molar-refractivity contribution in [2.24, 2.45) is 0 Å². The molecule has 0 aromatic heterocycles. The fraction of sp³-hybridized carbons (Fsp3) is 0. The topological polar surface area (TPSA) is 0 Å². The van der Waals surface area contributed by atoms with E-state index in [9.17, 15) is 0 Å². The van der Waals surface area contributed by atoms with Gasteiger partial charge in [-0.2, -0.15) is 0 Å². The summed E-state index contributed by atoms with van der Waals surface area (Å²) in [6.45, 7) is 6.63. The summed E-state index contributed by atoms with van der Waals surface area (Å²) in [4.78, 5) is 0. The van der Waals surface area contributed by atoms with Gasteiger partial charge in [0.1, 0.15) is 0 Å². The Morgan fingerprint density at radius 1 is 0.0806 bits per heavy atom. The van der Waals surface area contributed by atoms with Gasteiger partial charge in [-0.05, 0) is 105 Å². The van der Waals surface area contributed by atoms with Gasteiger partial charge in [-0.1, -0.05) is 11.5 Å². The summed E-state index contributed by atoms with van der Waals surface area (Å²) in [6.07, 6.45) is 0. The maximum atomic E-state index is 3.31. The lowest BCUT2D eigenvalue weighted by Crippen LogP contribution is -1.26. The van der Waals surface area contributed by atoms with Crippen LogP contribution in [-0.2, 0) is 0 Å². The van der Waals surface area contributed by atoms with Crippen LogP contribution in [0.15, 0.2) is 357 Å². The maximum Gasteiger partial charge on any atom is 0 e. The van der Waals surface area contributed by atoms with Crippen LogP contribution < -0.4 is 0 Å². The Kier molecular flexibility index (Phi) is 37.2. The first-order valence-electron chi connectivity index (χ1n) is 15.5. The molecule has 0 aromatic carbocycles. The van der Waals surface area contributed by atoms with Crippen LogP contribution in [0.3, 0.4) is 0 Å². The molecule has 0 N–H and O–H groups in total. The van der Waals surface area contributed by atoms with E-state index in [0.29, 0.717) is 0 Å². The standard InChI is InChI=1S/C62H4/c1-3-5-7-9-11-13-15-17-19-21-23-25-27-29-31-33-35-37-39-41-43-45-47-49-51-53-55-57-59-61-62-60-58-56-54-52-50-48-46-44-42-40-38-36-34-32-30-28-26-24-22-20-18-16-14-12-10-8-6-4-2/h1-2H2. The molecule has 0 aromatic rings. The number of rotatable bonds is 0. The van der Waals surface area contributed by atoms with E-state index >= 15 is 0 Å². The Labute approximate surface area is 355 Å². The highest BCUT2D eigenvalue weighted by atomic mass is 13.5. The van der Waals surface area contributed by atoms with Crippen molar-refractivity contribution in [1.82, 2.24) is 0 Å². The van der Waals surface area contributed by atoms with Gasteiger partial charge in [-0.25, -0.2) is 0 Å². The summed E-state index contributed by atoms with van der Waals surface area (Å²) in [5, 5.41) is 0. The molecular formula is C62H4. The minimum atomic E-state index is 2.37. The monoisotopic (exact) mass is 748 g/mol. The van der Waals surface area contributed by atoms with Crippen LogP contribution in [0.5, 0.6) is 0 Å². The Morgan fingerprint density at radius 3 is 0.177 bits per heavy atom. The third-order valence-electron chi connectivity index (χ3n) is 3.74. The molecule has 252 valence electrons. The van der Waals surface area contributed by atoms with Crippen LogP contribution in [0.2, 0.25) is 0 Å². The van der Waals surface area contributed by atoms with Crippen molar-refractivity contribution in [3.8, 4) is 0 Å². The van der Waals surface area contributed by atoms with Crippen LogP contribution in [0, 0.1) is 0 Å². The molecule has 0 fully saturated rings. The highest BCUT2D eigenvalue weighted by Crippen LogP contribution is 1.62. The molecule has 0 heteroatoms. The molecule has 0 aliphatic rings. The first kappa shape index (κ1) is 48.5. The third-order valence-corrected chi connectivity index (χ3v) is 3.74. The largest absolute Gasteiger partial charge is 0.0687 e.